The predicted molar refractivity (Wildman–Crippen MR) is 97.5 cm³/mol. The molecule has 5 fully saturated rings. The Bertz CT molecular complexity index is 603. The first-order chi connectivity index (χ1) is 12.2. The Hall–Kier alpha value is -1.78. The van der Waals surface area contributed by atoms with Gasteiger partial charge in [0.05, 0.1) is 0 Å². The molecule has 0 radical (unpaired) electrons. The van der Waals surface area contributed by atoms with Gasteiger partial charge in [-0.2, -0.15) is 0 Å². The molecule has 6 rings (SSSR count). The van der Waals surface area contributed by atoms with Gasteiger partial charge < -0.3 is 15.1 Å². The number of nitrogens with zero attached hydrogens (tertiary/aromatic N) is 3. The largest absolute Gasteiger partial charge is 0.368 e. The first kappa shape index (κ1) is 15.5. The third kappa shape index (κ3) is 2.87. The van der Waals surface area contributed by atoms with Crippen molar-refractivity contribution in [3.63, 3.8) is 0 Å². The molecule has 1 aromatic rings. The van der Waals surface area contributed by atoms with Gasteiger partial charge in [0.1, 0.15) is 0 Å². The molecule has 4 aliphatic carbocycles. The molecular weight excluding hydrogens is 312 g/mol. The van der Waals surface area contributed by atoms with Crippen molar-refractivity contribution in [2.24, 2.45) is 17.8 Å². The van der Waals surface area contributed by atoms with Gasteiger partial charge in [0, 0.05) is 49.8 Å². The smallest absolute Gasteiger partial charge is 0.317 e. The lowest BCUT2D eigenvalue weighted by molar-refractivity contribution is -0.0157. The molecule has 4 saturated carbocycles. The molecule has 5 heteroatoms. The number of carbonyl (C=O) groups excluding carboxylic acids is 1. The average Bonchev–Trinajstić information content (AvgIpc) is 2.61. The zero-order valence-corrected chi connectivity index (χ0v) is 14.9. The molecule has 2 heterocycles. The van der Waals surface area contributed by atoms with E-state index in [0.717, 1.165) is 43.9 Å². The molecule has 134 valence electrons. The summed E-state index contributed by atoms with van der Waals surface area (Å²) in [4.78, 5) is 21.4. The summed E-state index contributed by atoms with van der Waals surface area (Å²) in [6.45, 7) is 3.41. The van der Waals surface area contributed by atoms with Crippen LogP contribution in [0.25, 0.3) is 0 Å². The lowest BCUT2D eigenvalue weighted by Crippen LogP contribution is -2.63. The molecule has 0 unspecified atom stereocenters. The minimum atomic E-state index is 0.119. The first-order valence-electron chi connectivity index (χ1n) is 9.91. The second-order valence-corrected chi connectivity index (χ2v) is 8.81. The number of carbonyl (C=O) groups is 1. The second-order valence-electron chi connectivity index (χ2n) is 8.81. The molecule has 1 N–H and O–H groups in total. The molecule has 1 aromatic heterocycles. The molecule has 0 aromatic carbocycles. The minimum absolute atomic E-state index is 0.119. The summed E-state index contributed by atoms with van der Waals surface area (Å²) in [6.07, 6.45) is 11.6. The normalized spacial score (nSPS) is 36.6. The van der Waals surface area contributed by atoms with E-state index in [1.54, 1.807) is 0 Å². The highest BCUT2D eigenvalue weighted by molar-refractivity contribution is 5.75. The van der Waals surface area contributed by atoms with Crippen molar-refractivity contribution in [2.45, 2.75) is 44.1 Å². The van der Waals surface area contributed by atoms with Crippen LogP contribution in [0, 0.1) is 17.8 Å². The number of anilines is 1. The average molecular weight is 340 g/mol. The van der Waals surface area contributed by atoms with Crippen LogP contribution in [0.4, 0.5) is 10.5 Å². The zero-order valence-electron chi connectivity index (χ0n) is 14.9. The summed E-state index contributed by atoms with van der Waals surface area (Å²) >= 11 is 0. The first-order valence-corrected chi connectivity index (χ1v) is 9.91. The van der Waals surface area contributed by atoms with Crippen LogP contribution in [-0.2, 0) is 0 Å². The SMILES string of the molecule is O=C(NC12CC3CC(CC(C3)C1)C2)N1CCN(c2ccncc2)CC1. The molecule has 5 aliphatic rings. The Labute approximate surface area is 149 Å². The summed E-state index contributed by atoms with van der Waals surface area (Å²) in [5.41, 5.74) is 1.32. The Morgan fingerprint density at radius 3 is 2.08 bits per heavy atom. The quantitative estimate of drug-likeness (QED) is 0.900. The van der Waals surface area contributed by atoms with Gasteiger partial charge in [0.25, 0.3) is 0 Å². The molecule has 1 aliphatic heterocycles. The van der Waals surface area contributed by atoms with E-state index in [9.17, 15) is 4.79 Å². The Morgan fingerprint density at radius 2 is 1.52 bits per heavy atom. The van der Waals surface area contributed by atoms with E-state index in [4.69, 9.17) is 0 Å². The highest BCUT2D eigenvalue weighted by atomic mass is 16.2. The van der Waals surface area contributed by atoms with E-state index < -0.39 is 0 Å². The summed E-state index contributed by atoms with van der Waals surface area (Å²) < 4.78 is 0. The van der Waals surface area contributed by atoms with Crippen LogP contribution in [0.2, 0.25) is 0 Å². The molecule has 25 heavy (non-hydrogen) atoms. The Balaban J connectivity index is 1.20. The maximum absolute atomic E-state index is 12.9. The van der Waals surface area contributed by atoms with Crippen molar-refractivity contribution in [1.29, 1.82) is 0 Å². The van der Waals surface area contributed by atoms with Gasteiger partial charge in [-0.1, -0.05) is 0 Å². The van der Waals surface area contributed by atoms with E-state index in [-0.39, 0.29) is 11.6 Å². The molecular formula is C20H28N4O. The third-order valence-corrected chi connectivity index (χ3v) is 7.01. The van der Waals surface area contributed by atoms with Gasteiger partial charge in [0.15, 0.2) is 0 Å². The fourth-order valence-corrected chi connectivity index (χ4v) is 6.29. The summed E-state index contributed by atoms with van der Waals surface area (Å²) in [5.74, 6) is 2.61. The predicted octanol–water partition coefficient (Wildman–Crippen LogP) is 2.88. The van der Waals surface area contributed by atoms with E-state index in [0.29, 0.717) is 0 Å². The van der Waals surface area contributed by atoms with Crippen molar-refractivity contribution in [1.82, 2.24) is 15.2 Å². The van der Waals surface area contributed by atoms with Gasteiger partial charge in [0.2, 0.25) is 0 Å². The van der Waals surface area contributed by atoms with Crippen LogP contribution in [0.3, 0.4) is 0 Å². The highest BCUT2D eigenvalue weighted by Gasteiger charge is 2.51. The molecule has 2 amide bonds. The van der Waals surface area contributed by atoms with Gasteiger partial charge in [-0.3, -0.25) is 4.98 Å². The maximum Gasteiger partial charge on any atom is 0.317 e. The van der Waals surface area contributed by atoms with Gasteiger partial charge >= 0.3 is 6.03 Å². The van der Waals surface area contributed by atoms with Crippen molar-refractivity contribution in [3.8, 4) is 0 Å². The van der Waals surface area contributed by atoms with Crippen LogP contribution in [0.1, 0.15) is 38.5 Å². The van der Waals surface area contributed by atoms with E-state index in [1.165, 1.54) is 44.2 Å². The van der Waals surface area contributed by atoms with Crippen molar-refractivity contribution in [2.75, 3.05) is 31.1 Å². The topological polar surface area (TPSA) is 48.5 Å². The molecule has 4 bridgehead atoms. The molecule has 0 atom stereocenters. The van der Waals surface area contributed by atoms with E-state index >= 15 is 0 Å². The number of nitrogens with one attached hydrogen (secondary N) is 1. The fourth-order valence-electron chi connectivity index (χ4n) is 6.29. The van der Waals surface area contributed by atoms with Gasteiger partial charge in [-0.05, 0) is 68.4 Å². The number of hydrogen-bond acceptors (Lipinski definition) is 3. The van der Waals surface area contributed by atoms with Crippen LogP contribution >= 0.6 is 0 Å². The molecule has 1 saturated heterocycles. The number of rotatable bonds is 2. The molecule has 0 spiro atoms. The lowest BCUT2D eigenvalue weighted by Gasteiger charge is -2.57. The number of aromatic nitrogens is 1. The van der Waals surface area contributed by atoms with Crippen LogP contribution in [0.15, 0.2) is 24.5 Å². The van der Waals surface area contributed by atoms with Crippen molar-refractivity contribution >= 4 is 11.7 Å². The minimum Gasteiger partial charge on any atom is -0.368 e. The summed E-state index contributed by atoms with van der Waals surface area (Å²) in [5, 5.41) is 3.51. The summed E-state index contributed by atoms with van der Waals surface area (Å²) in [7, 11) is 0. The third-order valence-electron chi connectivity index (χ3n) is 7.01. The number of urea groups is 1. The van der Waals surface area contributed by atoms with Crippen LogP contribution in [-0.4, -0.2) is 47.6 Å². The van der Waals surface area contributed by atoms with Crippen LogP contribution in [0.5, 0.6) is 0 Å². The highest BCUT2D eigenvalue weighted by Crippen LogP contribution is 2.55. The summed E-state index contributed by atoms with van der Waals surface area (Å²) in [6, 6.07) is 4.27. The Morgan fingerprint density at radius 1 is 0.960 bits per heavy atom. The second kappa shape index (κ2) is 5.89. The van der Waals surface area contributed by atoms with Gasteiger partial charge in [-0.15, -0.1) is 0 Å². The fraction of sp³-hybridized carbons (Fsp3) is 0.700. The Kier molecular flexibility index (Phi) is 3.64. The number of pyridine rings is 1. The van der Waals surface area contributed by atoms with E-state index in [1.807, 2.05) is 29.4 Å². The standard InChI is InChI=1S/C20H28N4O/c25-19(22-20-12-15-9-16(13-20)11-17(10-15)14-20)24-7-5-23(6-8-24)18-1-3-21-4-2-18/h1-4,15-17H,5-14H2,(H,22,25). The van der Waals surface area contributed by atoms with Gasteiger partial charge in [-0.25, -0.2) is 4.79 Å². The molecule has 5 nitrogen and oxygen atoms in total. The van der Waals surface area contributed by atoms with Crippen molar-refractivity contribution in [3.05, 3.63) is 24.5 Å². The van der Waals surface area contributed by atoms with Crippen molar-refractivity contribution < 1.29 is 4.79 Å². The number of hydrogen-bond donors (Lipinski definition) is 1. The van der Waals surface area contributed by atoms with Crippen LogP contribution < -0.4 is 10.2 Å². The number of amides is 2. The number of piperazine rings is 1. The maximum atomic E-state index is 12.9. The lowest BCUT2D eigenvalue weighted by atomic mass is 9.53. The van der Waals surface area contributed by atoms with E-state index in [2.05, 4.69) is 15.2 Å². The zero-order chi connectivity index (χ0) is 16.9. The monoisotopic (exact) mass is 340 g/mol.